The van der Waals surface area contributed by atoms with Gasteiger partial charge in [-0.3, -0.25) is 19.5 Å². The van der Waals surface area contributed by atoms with E-state index in [0.717, 1.165) is 16.9 Å². The molecule has 0 aliphatic heterocycles. The van der Waals surface area contributed by atoms with Crippen molar-refractivity contribution in [2.24, 2.45) is 4.99 Å². The van der Waals surface area contributed by atoms with Gasteiger partial charge in [-0.2, -0.15) is 4.99 Å². The Bertz CT molecular complexity index is 1310. The maximum atomic E-state index is 12.7. The Balaban J connectivity index is 1.68. The van der Waals surface area contributed by atoms with E-state index in [4.69, 9.17) is 4.42 Å². The van der Waals surface area contributed by atoms with Crippen LogP contribution in [0.1, 0.15) is 21.8 Å². The zero-order chi connectivity index (χ0) is 21.3. The van der Waals surface area contributed by atoms with Gasteiger partial charge in [0.05, 0.1) is 4.92 Å². The highest BCUT2D eigenvalue weighted by molar-refractivity contribution is 7.07. The van der Waals surface area contributed by atoms with Gasteiger partial charge in [0, 0.05) is 34.5 Å². The van der Waals surface area contributed by atoms with E-state index in [0.29, 0.717) is 16.1 Å². The normalized spacial score (nSPS) is 11.6. The average Bonchev–Trinajstić information content (AvgIpc) is 3.36. The number of carbonyl (C=O) groups excluding carboxylic acids is 1. The summed E-state index contributed by atoms with van der Waals surface area (Å²) in [7, 11) is 0. The van der Waals surface area contributed by atoms with Crippen LogP contribution < -0.4 is 4.80 Å². The van der Waals surface area contributed by atoms with Gasteiger partial charge in [-0.1, -0.05) is 29.8 Å². The van der Waals surface area contributed by atoms with Crippen LogP contribution in [0.3, 0.4) is 0 Å². The van der Waals surface area contributed by atoms with E-state index in [1.54, 1.807) is 18.2 Å². The third kappa shape index (κ3) is 3.85. The van der Waals surface area contributed by atoms with Crippen molar-refractivity contribution in [3.63, 3.8) is 0 Å². The lowest BCUT2D eigenvalue weighted by Gasteiger charge is -2.06. The molecule has 2 heterocycles. The molecule has 2 aromatic heterocycles. The molecule has 30 heavy (non-hydrogen) atoms. The van der Waals surface area contributed by atoms with Gasteiger partial charge >= 0.3 is 5.91 Å². The Hall–Kier alpha value is -3.78. The second-order valence-electron chi connectivity index (χ2n) is 6.72. The molecular weight excluding hydrogens is 402 g/mol. The third-order valence-corrected chi connectivity index (χ3v) is 5.47. The summed E-state index contributed by atoms with van der Waals surface area (Å²) in [6.07, 6.45) is 0. The summed E-state index contributed by atoms with van der Waals surface area (Å²) >= 11 is 1.37. The number of rotatable bonds is 4. The standard InChI is InChI=1S/C22H17N3O4S/c1-14-6-8-17(9-7-14)24-15(2)13-30-22(24)23-21(26)20-11-10-19(29-20)16-4-3-5-18(12-16)25(27)28/h3-13H,1-2H3. The number of aromatic nitrogens is 1. The zero-order valence-electron chi connectivity index (χ0n) is 16.2. The van der Waals surface area contributed by atoms with E-state index < -0.39 is 10.8 Å². The number of hydrogen-bond donors (Lipinski definition) is 0. The molecule has 150 valence electrons. The average molecular weight is 419 g/mol. The molecule has 2 aromatic carbocycles. The number of aryl methyl sites for hydroxylation is 2. The highest BCUT2D eigenvalue weighted by atomic mass is 32.1. The number of nitrogens with zero attached hydrogens (tertiary/aromatic N) is 3. The molecule has 4 rings (SSSR count). The van der Waals surface area contributed by atoms with Gasteiger partial charge in [0.25, 0.3) is 5.69 Å². The first-order valence-corrected chi connectivity index (χ1v) is 9.98. The first-order valence-electron chi connectivity index (χ1n) is 9.10. The van der Waals surface area contributed by atoms with Crippen molar-refractivity contribution in [1.82, 2.24) is 4.57 Å². The number of non-ortho nitro benzene ring substituents is 1. The van der Waals surface area contributed by atoms with E-state index in [1.165, 1.54) is 29.5 Å². The largest absolute Gasteiger partial charge is 0.451 e. The van der Waals surface area contributed by atoms with Crippen LogP contribution in [0.2, 0.25) is 0 Å². The minimum absolute atomic E-state index is 0.0466. The second kappa shape index (κ2) is 7.92. The number of nitro benzene ring substituents is 1. The van der Waals surface area contributed by atoms with Crippen LogP contribution in [-0.2, 0) is 0 Å². The topological polar surface area (TPSA) is 90.6 Å². The Morgan fingerprint density at radius 2 is 1.87 bits per heavy atom. The van der Waals surface area contributed by atoms with Crippen molar-refractivity contribution in [2.75, 3.05) is 0 Å². The summed E-state index contributed by atoms with van der Waals surface area (Å²) in [6, 6.07) is 17.1. The molecule has 0 atom stereocenters. The fraction of sp³-hybridized carbons (Fsp3) is 0.0909. The summed E-state index contributed by atoms with van der Waals surface area (Å²) in [5, 5.41) is 12.9. The molecule has 0 aliphatic rings. The maximum Gasteiger partial charge on any atom is 0.315 e. The summed E-state index contributed by atoms with van der Waals surface area (Å²) in [5.41, 5.74) is 3.50. The third-order valence-electron chi connectivity index (χ3n) is 4.53. The highest BCUT2D eigenvalue weighted by Gasteiger charge is 2.15. The van der Waals surface area contributed by atoms with Crippen molar-refractivity contribution in [3.8, 4) is 17.0 Å². The highest BCUT2D eigenvalue weighted by Crippen LogP contribution is 2.26. The van der Waals surface area contributed by atoms with E-state index in [2.05, 4.69) is 4.99 Å². The second-order valence-corrected chi connectivity index (χ2v) is 7.56. The molecule has 4 aromatic rings. The van der Waals surface area contributed by atoms with E-state index >= 15 is 0 Å². The van der Waals surface area contributed by atoms with Crippen molar-refractivity contribution in [2.45, 2.75) is 13.8 Å². The number of furan rings is 1. The van der Waals surface area contributed by atoms with Crippen LogP contribution in [-0.4, -0.2) is 15.4 Å². The van der Waals surface area contributed by atoms with Crippen molar-refractivity contribution in [3.05, 3.63) is 98.0 Å². The molecule has 8 heteroatoms. The Morgan fingerprint density at radius 1 is 1.10 bits per heavy atom. The Kier molecular flexibility index (Phi) is 5.16. The molecule has 1 amide bonds. The number of hydrogen-bond acceptors (Lipinski definition) is 5. The molecule has 0 spiro atoms. The molecule has 0 radical (unpaired) electrons. The summed E-state index contributed by atoms with van der Waals surface area (Å²) in [6.45, 7) is 3.97. The van der Waals surface area contributed by atoms with Crippen LogP contribution in [0.5, 0.6) is 0 Å². The lowest BCUT2D eigenvalue weighted by atomic mass is 10.1. The fourth-order valence-electron chi connectivity index (χ4n) is 3.00. The lowest BCUT2D eigenvalue weighted by molar-refractivity contribution is -0.384. The van der Waals surface area contributed by atoms with Crippen LogP contribution in [0.25, 0.3) is 17.0 Å². The Morgan fingerprint density at radius 3 is 2.60 bits per heavy atom. The molecule has 7 nitrogen and oxygen atoms in total. The van der Waals surface area contributed by atoms with Crippen molar-refractivity contribution in [1.29, 1.82) is 0 Å². The van der Waals surface area contributed by atoms with E-state index in [9.17, 15) is 14.9 Å². The van der Waals surface area contributed by atoms with E-state index in [1.807, 2.05) is 48.1 Å². The number of amides is 1. The first kappa shape index (κ1) is 19.5. The smallest absolute Gasteiger partial charge is 0.315 e. The minimum atomic E-state index is -0.519. The number of carbonyl (C=O) groups is 1. The van der Waals surface area contributed by atoms with Crippen LogP contribution in [0.4, 0.5) is 5.69 Å². The Labute approximate surface area is 175 Å². The predicted octanol–water partition coefficient (Wildman–Crippen LogP) is 5.06. The minimum Gasteiger partial charge on any atom is -0.451 e. The van der Waals surface area contributed by atoms with Crippen LogP contribution >= 0.6 is 11.3 Å². The molecule has 0 saturated heterocycles. The van der Waals surface area contributed by atoms with Crippen molar-refractivity contribution >= 4 is 22.9 Å². The molecule has 0 N–H and O–H groups in total. The summed E-state index contributed by atoms with van der Waals surface area (Å²) < 4.78 is 7.55. The summed E-state index contributed by atoms with van der Waals surface area (Å²) in [5.74, 6) is -0.0848. The van der Waals surface area contributed by atoms with Gasteiger partial charge in [-0.15, -0.1) is 11.3 Å². The van der Waals surface area contributed by atoms with Gasteiger partial charge < -0.3 is 4.42 Å². The maximum absolute atomic E-state index is 12.7. The van der Waals surface area contributed by atoms with Crippen molar-refractivity contribution < 1.29 is 14.1 Å². The van der Waals surface area contributed by atoms with E-state index in [-0.39, 0.29) is 11.4 Å². The van der Waals surface area contributed by atoms with Crippen LogP contribution in [0, 0.1) is 24.0 Å². The monoisotopic (exact) mass is 419 g/mol. The SMILES string of the molecule is Cc1ccc(-n2c(C)csc2=NC(=O)c2ccc(-c3cccc([N+](=O)[O-])c3)o2)cc1. The molecular formula is C22H17N3O4S. The van der Waals surface area contributed by atoms with Gasteiger partial charge in [-0.25, -0.2) is 0 Å². The summed E-state index contributed by atoms with van der Waals surface area (Å²) in [4.78, 5) is 28.0. The fourth-order valence-corrected chi connectivity index (χ4v) is 3.87. The molecule has 0 saturated carbocycles. The van der Waals surface area contributed by atoms with Gasteiger partial charge in [-0.05, 0) is 38.1 Å². The van der Waals surface area contributed by atoms with Crippen LogP contribution in [0.15, 0.2) is 75.5 Å². The predicted molar refractivity (Wildman–Crippen MR) is 114 cm³/mol. The van der Waals surface area contributed by atoms with Gasteiger partial charge in [0.15, 0.2) is 10.6 Å². The number of nitro groups is 1. The molecule has 0 fully saturated rings. The lowest BCUT2D eigenvalue weighted by Crippen LogP contribution is -2.16. The molecule has 0 aliphatic carbocycles. The number of benzene rings is 2. The molecule has 0 unspecified atom stereocenters. The molecule has 0 bridgehead atoms. The number of thiazole rings is 1. The van der Waals surface area contributed by atoms with Gasteiger partial charge in [0.1, 0.15) is 5.76 Å². The quantitative estimate of drug-likeness (QED) is 0.341. The van der Waals surface area contributed by atoms with Gasteiger partial charge in [0.2, 0.25) is 0 Å². The first-order chi connectivity index (χ1) is 14.4. The zero-order valence-corrected chi connectivity index (χ0v) is 17.1.